The highest BCUT2D eigenvalue weighted by Crippen LogP contribution is 2.13. The largest absolute Gasteiger partial charge is 0.378 e. The van der Waals surface area contributed by atoms with E-state index in [1.807, 2.05) is 14.1 Å². The Morgan fingerprint density at radius 2 is 1.50 bits per heavy atom. The molecule has 0 aromatic heterocycles. The molecule has 2 aromatic carbocycles. The molecule has 0 heterocycles. The van der Waals surface area contributed by atoms with Gasteiger partial charge in [-0.1, -0.05) is 24.3 Å². The van der Waals surface area contributed by atoms with Crippen LogP contribution in [0.3, 0.4) is 0 Å². The molecule has 0 saturated carbocycles. The number of hydrogen-bond donors (Lipinski definition) is 2. The van der Waals surface area contributed by atoms with Crippen molar-refractivity contribution in [2.75, 3.05) is 32.6 Å². The molecular weight excluding hydrogens is 374 g/mol. The van der Waals surface area contributed by atoms with Gasteiger partial charge in [0.05, 0.1) is 4.90 Å². The number of sulfonamides is 1. The zero-order valence-electron chi connectivity index (χ0n) is 16.7. The maximum Gasteiger partial charge on any atom is 0.240 e. The van der Waals surface area contributed by atoms with Crippen molar-refractivity contribution in [2.45, 2.75) is 30.6 Å². The number of benzene rings is 2. The molecule has 6 nitrogen and oxygen atoms in total. The van der Waals surface area contributed by atoms with E-state index in [4.69, 9.17) is 0 Å². The summed E-state index contributed by atoms with van der Waals surface area (Å²) in [5.41, 5.74) is 3.37. The number of amides is 1. The highest BCUT2D eigenvalue weighted by Gasteiger charge is 2.10. The first-order valence-corrected chi connectivity index (χ1v) is 10.9. The van der Waals surface area contributed by atoms with Crippen LogP contribution < -0.4 is 14.9 Å². The predicted octanol–water partition coefficient (Wildman–Crippen LogP) is 2.34. The van der Waals surface area contributed by atoms with Crippen molar-refractivity contribution < 1.29 is 13.2 Å². The molecular formula is C21H29N3O3S. The van der Waals surface area contributed by atoms with Crippen LogP contribution in [0, 0.1) is 0 Å². The Kier molecular flexibility index (Phi) is 8.02. The molecule has 152 valence electrons. The van der Waals surface area contributed by atoms with Gasteiger partial charge in [-0.15, -0.1) is 0 Å². The lowest BCUT2D eigenvalue weighted by atomic mass is 10.1. The monoisotopic (exact) mass is 403 g/mol. The van der Waals surface area contributed by atoms with E-state index < -0.39 is 10.0 Å². The summed E-state index contributed by atoms with van der Waals surface area (Å²) in [6, 6.07) is 15.0. The van der Waals surface area contributed by atoms with E-state index in [-0.39, 0.29) is 10.8 Å². The van der Waals surface area contributed by atoms with Gasteiger partial charge in [-0.3, -0.25) is 4.79 Å². The Hall–Kier alpha value is -2.38. The van der Waals surface area contributed by atoms with Gasteiger partial charge in [0.1, 0.15) is 0 Å². The van der Waals surface area contributed by atoms with Crippen LogP contribution in [-0.4, -0.2) is 42.0 Å². The summed E-state index contributed by atoms with van der Waals surface area (Å²) in [4.78, 5) is 14.3. The van der Waals surface area contributed by atoms with Crippen molar-refractivity contribution in [3.63, 3.8) is 0 Å². The van der Waals surface area contributed by atoms with Crippen molar-refractivity contribution in [3.8, 4) is 0 Å². The molecule has 0 bridgehead atoms. The summed E-state index contributed by atoms with van der Waals surface area (Å²) in [5.74, 6) is 0.00915. The van der Waals surface area contributed by atoms with Crippen molar-refractivity contribution >= 4 is 21.6 Å². The lowest BCUT2D eigenvalue weighted by Crippen LogP contribution is -2.25. The van der Waals surface area contributed by atoms with Crippen molar-refractivity contribution in [3.05, 3.63) is 59.7 Å². The molecule has 0 atom stereocenters. The third-order valence-corrected chi connectivity index (χ3v) is 5.99. The lowest BCUT2D eigenvalue weighted by molar-refractivity contribution is -0.121. The Morgan fingerprint density at radius 3 is 2.07 bits per heavy atom. The highest BCUT2D eigenvalue weighted by molar-refractivity contribution is 7.89. The minimum absolute atomic E-state index is 0.00915. The molecule has 0 spiro atoms. The maximum absolute atomic E-state index is 12.0. The molecule has 28 heavy (non-hydrogen) atoms. The van der Waals surface area contributed by atoms with E-state index in [0.29, 0.717) is 19.4 Å². The number of hydrogen-bond acceptors (Lipinski definition) is 4. The number of nitrogens with one attached hydrogen (secondary N) is 2. The summed E-state index contributed by atoms with van der Waals surface area (Å²) in [6.07, 6.45) is 2.78. The van der Waals surface area contributed by atoms with Gasteiger partial charge in [0.25, 0.3) is 0 Å². The Morgan fingerprint density at radius 1 is 0.929 bits per heavy atom. The SMILES string of the molecule is CNS(=O)(=O)c1ccc(CCC(=O)NCCCc2ccc(N(C)C)cc2)cc1. The summed E-state index contributed by atoms with van der Waals surface area (Å²) in [6.45, 7) is 0.646. The van der Waals surface area contributed by atoms with Gasteiger partial charge in [-0.2, -0.15) is 0 Å². The molecule has 0 fully saturated rings. The average Bonchev–Trinajstić information content (AvgIpc) is 2.70. The van der Waals surface area contributed by atoms with Crippen LogP contribution in [0.1, 0.15) is 24.0 Å². The van der Waals surface area contributed by atoms with Crippen LogP contribution in [0.5, 0.6) is 0 Å². The molecule has 2 aromatic rings. The molecule has 1 amide bonds. The molecule has 7 heteroatoms. The number of rotatable bonds is 10. The van der Waals surface area contributed by atoms with Crippen molar-refractivity contribution in [2.24, 2.45) is 0 Å². The van der Waals surface area contributed by atoms with E-state index in [9.17, 15) is 13.2 Å². The second-order valence-corrected chi connectivity index (χ2v) is 8.75. The van der Waals surface area contributed by atoms with Gasteiger partial charge < -0.3 is 10.2 Å². The zero-order chi connectivity index (χ0) is 20.6. The number of anilines is 1. The minimum Gasteiger partial charge on any atom is -0.378 e. The average molecular weight is 404 g/mol. The fourth-order valence-electron chi connectivity index (χ4n) is 2.78. The zero-order valence-corrected chi connectivity index (χ0v) is 17.6. The standard InChI is InChI=1S/C21H29N3O3S/c1-22-28(26,27)20-13-8-18(9-14-20)10-15-21(25)23-16-4-5-17-6-11-19(12-7-17)24(2)3/h6-9,11-14,22H,4-5,10,15-16H2,1-3H3,(H,23,25). The van der Waals surface area contributed by atoms with Crippen LogP contribution in [0.25, 0.3) is 0 Å². The second kappa shape index (κ2) is 10.2. The topological polar surface area (TPSA) is 78.5 Å². The first-order chi connectivity index (χ1) is 13.3. The summed E-state index contributed by atoms with van der Waals surface area (Å²) < 4.78 is 25.7. The minimum atomic E-state index is -3.42. The van der Waals surface area contributed by atoms with Gasteiger partial charge in [-0.25, -0.2) is 13.1 Å². The molecule has 0 saturated heterocycles. The molecule has 0 aliphatic carbocycles. The van der Waals surface area contributed by atoms with E-state index in [1.54, 1.807) is 24.3 Å². The van der Waals surface area contributed by atoms with Gasteiger partial charge in [0, 0.05) is 32.7 Å². The molecule has 2 N–H and O–H groups in total. The summed E-state index contributed by atoms with van der Waals surface area (Å²) in [7, 11) is 1.99. The van der Waals surface area contributed by atoms with E-state index >= 15 is 0 Å². The van der Waals surface area contributed by atoms with E-state index in [0.717, 1.165) is 18.4 Å². The van der Waals surface area contributed by atoms with Gasteiger partial charge in [0.2, 0.25) is 15.9 Å². The molecule has 0 aliphatic rings. The van der Waals surface area contributed by atoms with Crippen LogP contribution in [-0.2, 0) is 27.7 Å². The third-order valence-electron chi connectivity index (χ3n) is 4.56. The van der Waals surface area contributed by atoms with Gasteiger partial charge in [-0.05, 0) is 61.7 Å². The Balaban J connectivity index is 1.68. The van der Waals surface area contributed by atoms with Crippen LogP contribution in [0.2, 0.25) is 0 Å². The van der Waals surface area contributed by atoms with Crippen LogP contribution >= 0.6 is 0 Å². The fourth-order valence-corrected chi connectivity index (χ4v) is 3.51. The predicted molar refractivity (Wildman–Crippen MR) is 113 cm³/mol. The van der Waals surface area contributed by atoms with E-state index in [1.165, 1.54) is 18.3 Å². The molecule has 2 rings (SSSR count). The summed E-state index contributed by atoms with van der Waals surface area (Å²) >= 11 is 0. The van der Waals surface area contributed by atoms with Crippen LogP contribution in [0.15, 0.2) is 53.4 Å². The number of aryl methyl sites for hydroxylation is 2. The highest BCUT2D eigenvalue weighted by atomic mass is 32.2. The Bertz CT molecular complexity index is 861. The normalized spacial score (nSPS) is 11.2. The third kappa shape index (κ3) is 6.65. The number of nitrogens with zero attached hydrogens (tertiary/aromatic N) is 1. The van der Waals surface area contributed by atoms with Crippen molar-refractivity contribution in [1.29, 1.82) is 0 Å². The van der Waals surface area contributed by atoms with Gasteiger partial charge in [0.15, 0.2) is 0 Å². The number of carbonyl (C=O) groups is 1. The molecule has 0 aliphatic heterocycles. The smallest absolute Gasteiger partial charge is 0.240 e. The van der Waals surface area contributed by atoms with Gasteiger partial charge >= 0.3 is 0 Å². The lowest BCUT2D eigenvalue weighted by Gasteiger charge is -2.12. The molecule has 0 unspecified atom stereocenters. The maximum atomic E-state index is 12.0. The second-order valence-electron chi connectivity index (χ2n) is 6.87. The van der Waals surface area contributed by atoms with E-state index in [2.05, 4.69) is 39.2 Å². The Labute approximate surface area is 168 Å². The van der Waals surface area contributed by atoms with Crippen molar-refractivity contribution in [1.82, 2.24) is 10.0 Å². The molecule has 0 radical (unpaired) electrons. The quantitative estimate of drug-likeness (QED) is 0.597. The first-order valence-electron chi connectivity index (χ1n) is 9.37. The van der Waals surface area contributed by atoms with Crippen LogP contribution in [0.4, 0.5) is 5.69 Å². The number of carbonyl (C=O) groups excluding carboxylic acids is 1. The summed E-state index contributed by atoms with van der Waals surface area (Å²) in [5, 5.41) is 2.94. The first kappa shape index (κ1) is 21.9. The fraction of sp³-hybridized carbons (Fsp3) is 0.381.